The van der Waals surface area contributed by atoms with E-state index in [-0.39, 0.29) is 18.5 Å². The molecule has 6 nitrogen and oxygen atoms in total. The summed E-state index contributed by atoms with van der Waals surface area (Å²) in [5.74, 6) is -0.528. The summed E-state index contributed by atoms with van der Waals surface area (Å²) in [5.41, 5.74) is 5.60. The van der Waals surface area contributed by atoms with Gasteiger partial charge in [0.1, 0.15) is 6.54 Å². The van der Waals surface area contributed by atoms with Crippen molar-refractivity contribution >= 4 is 5.91 Å². The van der Waals surface area contributed by atoms with Gasteiger partial charge in [-0.15, -0.1) is 0 Å². The van der Waals surface area contributed by atoms with Crippen LogP contribution in [0.2, 0.25) is 0 Å². The van der Waals surface area contributed by atoms with E-state index >= 15 is 0 Å². The summed E-state index contributed by atoms with van der Waals surface area (Å²) in [6.45, 7) is 3.75. The summed E-state index contributed by atoms with van der Waals surface area (Å²) in [5, 5.41) is 6.87. The molecule has 0 radical (unpaired) electrons. The first-order valence-electron chi connectivity index (χ1n) is 10.1. The van der Waals surface area contributed by atoms with Crippen LogP contribution < -0.4 is 11.1 Å². The highest BCUT2D eigenvalue weighted by Gasteiger charge is 2.19. The molecule has 6 heteroatoms. The first-order valence-corrected chi connectivity index (χ1v) is 10.1. The number of nitrogens with one attached hydrogen (secondary N) is 1. The maximum absolute atomic E-state index is 12.7. The molecular weight excluding hydrogens is 366 g/mol. The Morgan fingerprint density at radius 2 is 1.93 bits per heavy atom. The molecule has 1 aliphatic carbocycles. The van der Waals surface area contributed by atoms with E-state index < -0.39 is 5.76 Å². The van der Waals surface area contributed by atoms with Gasteiger partial charge in [0, 0.05) is 5.56 Å². The van der Waals surface area contributed by atoms with Crippen LogP contribution in [0.3, 0.4) is 0 Å². The number of aromatic nitrogens is 2. The van der Waals surface area contributed by atoms with Gasteiger partial charge in [-0.05, 0) is 61.8 Å². The molecule has 2 aromatic carbocycles. The number of benzene rings is 2. The molecule has 1 aliphatic rings. The minimum absolute atomic E-state index is 0.138. The third-order valence-corrected chi connectivity index (χ3v) is 5.62. The molecule has 1 unspecified atom stereocenters. The number of hydrogen-bond acceptors (Lipinski definition) is 4. The van der Waals surface area contributed by atoms with E-state index in [1.165, 1.54) is 28.5 Å². The van der Waals surface area contributed by atoms with E-state index in [1.807, 2.05) is 38.1 Å². The number of fused-ring (bicyclic) bond motifs is 1. The average molecular weight is 391 g/mol. The van der Waals surface area contributed by atoms with Gasteiger partial charge in [-0.25, -0.2) is 9.36 Å². The van der Waals surface area contributed by atoms with E-state index in [2.05, 4.69) is 28.7 Å². The van der Waals surface area contributed by atoms with Gasteiger partial charge in [-0.1, -0.05) is 47.6 Å². The minimum atomic E-state index is -0.639. The van der Waals surface area contributed by atoms with Crippen molar-refractivity contribution in [1.29, 1.82) is 0 Å². The molecule has 0 saturated carbocycles. The lowest BCUT2D eigenvalue weighted by atomic mass is 9.89. The van der Waals surface area contributed by atoms with Crippen molar-refractivity contribution in [2.24, 2.45) is 0 Å². The fourth-order valence-electron chi connectivity index (χ4n) is 3.96. The summed E-state index contributed by atoms with van der Waals surface area (Å²) in [6.07, 6.45) is 4.69. The summed E-state index contributed by atoms with van der Waals surface area (Å²) >= 11 is 0. The van der Waals surface area contributed by atoms with Crippen LogP contribution in [-0.4, -0.2) is 15.6 Å². The SMILES string of the molecule is Cc1ccccc1-c1noc(=O)n1CC(=O)NC(C)c1ccc2c(c1)CCCC2. The monoisotopic (exact) mass is 391 g/mol. The molecule has 0 fully saturated rings. The Labute approximate surface area is 169 Å². The second-order valence-corrected chi connectivity index (χ2v) is 7.70. The third-order valence-electron chi connectivity index (χ3n) is 5.62. The van der Waals surface area contributed by atoms with Crippen molar-refractivity contribution in [1.82, 2.24) is 15.0 Å². The molecule has 1 atom stereocenters. The highest BCUT2D eigenvalue weighted by Crippen LogP contribution is 2.25. The molecule has 29 heavy (non-hydrogen) atoms. The highest BCUT2D eigenvalue weighted by molar-refractivity contribution is 5.77. The van der Waals surface area contributed by atoms with Crippen LogP contribution >= 0.6 is 0 Å². The van der Waals surface area contributed by atoms with Crippen LogP contribution in [0.25, 0.3) is 11.4 Å². The number of carbonyl (C=O) groups is 1. The van der Waals surface area contributed by atoms with Gasteiger partial charge >= 0.3 is 5.76 Å². The Balaban J connectivity index is 1.50. The van der Waals surface area contributed by atoms with Crippen molar-refractivity contribution in [3.63, 3.8) is 0 Å². The molecular formula is C23H25N3O3. The Hall–Kier alpha value is -3.15. The van der Waals surface area contributed by atoms with Gasteiger partial charge < -0.3 is 5.32 Å². The summed E-state index contributed by atoms with van der Waals surface area (Å²) in [6, 6.07) is 13.9. The largest absolute Gasteiger partial charge is 0.442 e. The fraction of sp³-hybridized carbons (Fsp3) is 0.348. The van der Waals surface area contributed by atoms with Gasteiger partial charge in [-0.2, -0.15) is 0 Å². The van der Waals surface area contributed by atoms with E-state index in [9.17, 15) is 9.59 Å². The Kier molecular flexibility index (Phi) is 5.34. The average Bonchev–Trinajstić information content (AvgIpc) is 3.08. The molecule has 3 aromatic rings. The molecule has 0 spiro atoms. The molecule has 0 saturated heterocycles. The highest BCUT2D eigenvalue weighted by atomic mass is 16.5. The van der Waals surface area contributed by atoms with Crippen molar-refractivity contribution < 1.29 is 9.32 Å². The number of carbonyl (C=O) groups excluding carboxylic acids is 1. The maximum atomic E-state index is 12.7. The predicted octanol–water partition coefficient (Wildman–Crippen LogP) is 3.57. The molecule has 4 rings (SSSR count). The van der Waals surface area contributed by atoms with Crippen molar-refractivity contribution in [2.75, 3.05) is 0 Å². The zero-order chi connectivity index (χ0) is 20.4. The topological polar surface area (TPSA) is 77.1 Å². The van der Waals surface area contributed by atoms with Crippen LogP contribution in [0.5, 0.6) is 0 Å². The van der Waals surface area contributed by atoms with E-state index in [0.717, 1.165) is 29.5 Å². The summed E-state index contributed by atoms with van der Waals surface area (Å²) < 4.78 is 6.11. The second-order valence-electron chi connectivity index (χ2n) is 7.70. The molecule has 1 aromatic heterocycles. The van der Waals surface area contributed by atoms with Crippen LogP contribution in [0, 0.1) is 6.92 Å². The molecule has 1 N–H and O–H groups in total. The van der Waals surface area contributed by atoms with Crippen LogP contribution in [-0.2, 0) is 24.2 Å². The maximum Gasteiger partial charge on any atom is 0.442 e. The van der Waals surface area contributed by atoms with Gasteiger partial charge in [0.05, 0.1) is 6.04 Å². The lowest BCUT2D eigenvalue weighted by Gasteiger charge is -2.20. The number of amides is 1. The first kappa shape index (κ1) is 19.2. The standard InChI is InChI=1S/C23H25N3O3/c1-15-7-3-6-10-20(15)22-25-29-23(28)26(22)14-21(27)24-16(2)18-12-11-17-8-4-5-9-19(17)13-18/h3,6-7,10-13,16H,4-5,8-9,14H2,1-2H3,(H,24,27). The van der Waals surface area contributed by atoms with Crippen LogP contribution in [0.1, 0.15) is 48.1 Å². The number of aryl methyl sites for hydroxylation is 3. The van der Waals surface area contributed by atoms with Crippen molar-refractivity contribution in [2.45, 2.75) is 52.1 Å². The Morgan fingerprint density at radius 3 is 2.72 bits per heavy atom. The summed E-state index contributed by atoms with van der Waals surface area (Å²) in [7, 11) is 0. The third kappa shape index (κ3) is 4.01. The van der Waals surface area contributed by atoms with Gasteiger partial charge in [0.25, 0.3) is 0 Å². The van der Waals surface area contributed by atoms with E-state index in [0.29, 0.717) is 5.82 Å². The van der Waals surface area contributed by atoms with E-state index in [1.54, 1.807) is 0 Å². The number of rotatable bonds is 5. The minimum Gasteiger partial charge on any atom is -0.348 e. The Bertz CT molecular complexity index is 1100. The summed E-state index contributed by atoms with van der Waals surface area (Å²) in [4.78, 5) is 24.8. The molecule has 1 heterocycles. The quantitative estimate of drug-likeness (QED) is 0.721. The molecule has 0 aliphatic heterocycles. The van der Waals surface area contributed by atoms with Crippen LogP contribution in [0.15, 0.2) is 51.8 Å². The normalized spacial score (nSPS) is 14.3. The molecule has 1 amide bonds. The number of nitrogens with zero attached hydrogens (tertiary/aromatic N) is 2. The lowest BCUT2D eigenvalue weighted by molar-refractivity contribution is -0.122. The number of hydrogen-bond donors (Lipinski definition) is 1. The van der Waals surface area contributed by atoms with Crippen molar-refractivity contribution in [3.8, 4) is 11.4 Å². The Morgan fingerprint density at radius 1 is 1.17 bits per heavy atom. The smallest absolute Gasteiger partial charge is 0.348 e. The van der Waals surface area contributed by atoms with Crippen molar-refractivity contribution in [3.05, 3.63) is 75.3 Å². The zero-order valence-electron chi connectivity index (χ0n) is 16.8. The fourth-order valence-corrected chi connectivity index (χ4v) is 3.96. The van der Waals surface area contributed by atoms with Gasteiger partial charge in [0.2, 0.25) is 5.91 Å². The molecule has 150 valence electrons. The van der Waals surface area contributed by atoms with Gasteiger partial charge in [-0.3, -0.25) is 9.32 Å². The second kappa shape index (κ2) is 8.07. The van der Waals surface area contributed by atoms with E-state index in [4.69, 9.17) is 4.52 Å². The lowest BCUT2D eigenvalue weighted by Crippen LogP contribution is -2.33. The van der Waals surface area contributed by atoms with Gasteiger partial charge in [0.15, 0.2) is 5.82 Å². The first-order chi connectivity index (χ1) is 14.0. The molecule has 0 bridgehead atoms. The van der Waals surface area contributed by atoms with Crippen LogP contribution in [0.4, 0.5) is 0 Å². The zero-order valence-corrected chi connectivity index (χ0v) is 16.8. The predicted molar refractivity (Wildman–Crippen MR) is 111 cm³/mol.